The minimum Gasteiger partial charge on any atom is -0.299 e. The fraction of sp³-hybridized carbons (Fsp3) is 0.692. The highest BCUT2D eigenvalue weighted by Crippen LogP contribution is 2.39. The normalized spacial score (nSPS) is 25.1. The summed E-state index contributed by atoms with van der Waals surface area (Å²) in [6, 6.07) is 0. The van der Waals surface area contributed by atoms with Crippen molar-refractivity contribution < 1.29 is 4.79 Å². The first-order valence-electron chi connectivity index (χ1n) is 5.47. The maximum Gasteiger partial charge on any atom is 0.140 e. The molecule has 0 N–H and O–H groups in total. The van der Waals surface area contributed by atoms with Crippen molar-refractivity contribution in [1.82, 2.24) is 0 Å². The van der Waals surface area contributed by atoms with Gasteiger partial charge in [-0.2, -0.15) is 11.8 Å². The van der Waals surface area contributed by atoms with E-state index in [-0.39, 0.29) is 10.7 Å². The lowest BCUT2D eigenvalue weighted by Crippen LogP contribution is -2.34. The quantitative estimate of drug-likeness (QED) is 0.682. The van der Waals surface area contributed by atoms with E-state index >= 15 is 0 Å². The molecule has 2 heteroatoms. The van der Waals surface area contributed by atoms with Crippen molar-refractivity contribution in [3.05, 3.63) is 18.1 Å². The van der Waals surface area contributed by atoms with Gasteiger partial charge in [-0.25, -0.2) is 0 Å². The largest absolute Gasteiger partial charge is 0.299 e. The summed E-state index contributed by atoms with van der Waals surface area (Å²) in [6.45, 7) is 12.3. The summed E-state index contributed by atoms with van der Waals surface area (Å²) >= 11 is 1.92. The molecule has 15 heavy (non-hydrogen) atoms. The van der Waals surface area contributed by atoms with Crippen molar-refractivity contribution in [3.63, 3.8) is 0 Å². The average Bonchev–Trinajstić information content (AvgIpc) is 2.08. The molecule has 0 unspecified atom stereocenters. The van der Waals surface area contributed by atoms with Crippen molar-refractivity contribution in [1.29, 1.82) is 0 Å². The van der Waals surface area contributed by atoms with E-state index in [1.807, 2.05) is 18.7 Å². The topological polar surface area (TPSA) is 17.1 Å². The Bertz CT molecular complexity index is 268. The maximum atomic E-state index is 11.9. The summed E-state index contributed by atoms with van der Waals surface area (Å²) < 4.78 is 0.144. The Morgan fingerprint density at radius 1 is 1.67 bits per heavy atom. The number of hydrogen-bond donors (Lipinski definition) is 0. The molecular formula is C13H21OS+. The lowest BCUT2D eigenvalue weighted by Gasteiger charge is -2.32. The fourth-order valence-electron chi connectivity index (χ4n) is 1.75. The molecule has 0 saturated carbocycles. The molecule has 84 valence electrons. The van der Waals surface area contributed by atoms with Gasteiger partial charge in [0.1, 0.15) is 5.78 Å². The number of allylic oxidation sites excluding steroid dienone is 1. The first-order valence-corrected chi connectivity index (χ1v) is 6.45. The second kappa shape index (κ2) is 4.65. The van der Waals surface area contributed by atoms with E-state index in [0.717, 1.165) is 17.7 Å². The van der Waals surface area contributed by atoms with Crippen LogP contribution in [0.5, 0.6) is 0 Å². The number of carbonyl (C=O) groups excluding carboxylic acids is 1. The first-order chi connectivity index (χ1) is 6.82. The predicted molar refractivity (Wildman–Crippen MR) is 68.0 cm³/mol. The SMILES string of the molecule is C=C(C)[C+](C)C[C@@H]1CSC(C)(C)CC1=O. The summed E-state index contributed by atoms with van der Waals surface area (Å²) in [6.07, 6.45) is 1.61. The van der Waals surface area contributed by atoms with Gasteiger partial charge in [0.15, 0.2) is 0 Å². The van der Waals surface area contributed by atoms with Crippen LogP contribution in [0.3, 0.4) is 0 Å². The van der Waals surface area contributed by atoms with Crippen LogP contribution in [0.15, 0.2) is 12.2 Å². The van der Waals surface area contributed by atoms with Crippen LogP contribution in [0.25, 0.3) is 0 Å². The highest BCUT2D eigenvalue weighted by Gasteiger charge is 2.36. The molecular weight excluding hydrogens is 204 g/mol. The zero-order valence-electron chi connectivity index (χ0n) is 10.2. The van der Waals surface area contributed by atoms with Crippen molar-refractivity contribution in [2.24, 2.45) is 5.92 Å². The molecule has 1 heterocycles. The zero-order valence-corrected chi connectivity index (χ0v) is 11.0. The lowest BCUT2D eigenvalue weighted by molar-refractivity contribution is -0.123. The molecule has 1 nitrogen and oxygen atoms in total. The van der Waals surface area contributed by atoms with Gasteiger partial charge in [-0.05, 0) is 6.92 Å². The maximum absolute atomic E-state index is 11.9. The summed E-state index contributed by atoms with van der Waals surface area (Å²) in [7, 11) is 0. The van der Waals surface area contributed by atoms with Crippen LogP contribution in [-0.2, 0) is 4.79 Å². The molecule has 0 aliphatic carbocycles. The van der Waals surface area contributed by atoms with Crippen LogP contribution in [-0.4, -0.2) is 16.3 Å². The van der Waals surface area contributed by atoms with E-state index in [1.165, 1.54) is 5.92 Å². The summed E-state index contributed by atoms with van der Waals surface area (Å²) in [5, 5.41) is 0. The van der Waals surface area contributed by atoms with Gasteiger partial charge in [0.05, 0.1) is 11.5 Å². The third-order valence-electron chi connectivity index (χ3n) is 3.01. The van der Waals surface area contributed by atoms with Gasteiger partial charge >= 0.3 is 0 Å². The number of thioether (sulfide) groups is 1. The van der Waals surface area contributed by atoms with Gasteiger partial charge in [-0.1, -0.05) is 13.8 Å². The molecule has 1 rings (SSSR count). The van der Waals surface area contributed by atoms with Crippen LogP contribution in [0, 0.1) is 11.8 Å². The van der Waals surface area contributed by atoms with E-state index in [1.54, 1.807) is 0 Å². The standard InChI is InChI=1S/C13H21OS/c1-9(2)10(3)6-11-8-15-13(4,5)7-12(11)14/h11H,1,6-8H2,2-5H3/q+1/t11-/m1/s1. The van der Waals surface area contributed by atoms with Crippen LogP contribution in [0.2, 0.25) is 0 Å². The second-order valence-electron chi connectivity index (χ2n) is 5.18. The third-order valence-corrected chi connectivity index (χ3v) is 4.51. The van der Waals surface area contributed by atoms with Crippen LogP contribution in [0.4, 0.5) is 0 Å². The Kier molecular flexibility index (Phi) is 3.93. The van der Waals surface area contributed by atoms with E-state index in [0.29, 0.717) is 12.2 Å². The molecule has 0 spiro atoms. The molecule has 1 saturated heterocycles. The Balaban J connectivity index is 2.52. The van der Waals surface area contributed by atoms with Gasteiger partial charge in [0.2, 0.25) is 0 Å². The van der Waals surface area contributed by atoms with E-state index in [4.69, 9.17) is 0 Å². The Morgan fingerprint density at radius 3 is 2.73 bits per heavy atom. The number of hydrogen-bond acceptors (Lipinski definition) is 2. The van der Waals surface area contributed by atoms with Crippen LogP contribution in [0.1, 0.15) is 40.5 Å². The third kappa shape index (κ3) is 3.60. The molecule has 1 atom stereocenters. The first kappa shape index (κ1) is 12.7. The molecule has 1 aliphatic rings. The lowest BCUT2D eigenvalue weighted by atomic mass is 9.86. The Hall–Kier alpha value is -0.370. The van der Waals surface area contributed by atoms with E-state index in [9.17, 15) is 4.79 Å². The number of Topliss-reactive ketones (excluding diaryl/α,β-unsaturated/α-hetero) is 1. The molecule has 0 amide bonds. The molecule has 1 fully saturated rings. The minimum absolute atomic E-state index is 0.144. The summed E-state index contributed by atoms with van der Waals surface area (Å²) in [4.78, 5) is 11.9. The minimum atomic E-state index is 0.144. The average molecular weight is 225 g/mol. The smallest absolute Gasteiger partial charge is 0.140 e. The highest BCUT2D eigenvalue weighted by molar-refractivity contribution is 8.00. The summed E-state index contributed by atoms with van der Waals surface area (Å²) in [5.41, 5.74) is 1.11. The van der Waals surface area contributed by atoms with E-state index in [2.05, 4.69) is 27.4 Å². The highest BCUT2D eigenvalue weighted by atomic mass is 32.2. The van der Waals surface area contributed by atoms with Crippen molar-refractivity contribution >= 4 is 17.5 Å². The van der Waals surface area contributed by atoms with Crippen LogP contribution < -0.4 is 0 Å². The number of rotatable bonds is 3. The molecule has 0 aromatic carbocycles. The zero-order chi connectivity index (χ0) is 11.6. The van der Waals surface area contributed by atoms with Crippen molar-refractivity contribution in [3.8, 4) is 0 Å². The fourth-order valence-corrected chi connectivity index (χ4v) is 2.95. The second-order valence-corrected chi connectivity index (χ2v) is 6.90. The van der Waals surface area contributed by atoms with Gasteiger partial charge in [0, 0.05) is 42.8 Å². The number of carbonyl (C=O) groups is 1. The van der Waals surface area contributed by atoms with Crippen molar-refractivity contribution in [2.45, 2.75) is 45.3 Å². The van der Waals surface area contributed by atoms with Gasteiger partial charge in [-0.15, -0.1) is 0 Å². The van der Waals surface area contributed by atoms with Crippen molar-refractivity contribution in [2.75, 3.05) is 5.75 Å². The molecule has 1 aliphatic heterocycles. The van der Waals surface area contributed by atoms with Gasteiger partial charge < -0.3 is 0 Å². The predicted octanol–water partition coefficient (Wildman–Crippen LogP) is 3.65. The molecule has 0 bridgehead atoms. The van der Waals surface area contributed by atoms with Crippen LogP contribution >= 0.6 is 11.8 Å². The molecule has 0 aromatic rings. The summed E-state index contributed by atoms with van der Waals surface area (Å²) in [5.74, 6) is 2.89. The number of ketones is 1. The Labute approximate surface area is 97.7 Å². The molecule has 0 aromatic heterocycles. The van der Waals surface area contributed by atoms with Gasteiger partial charge in [0.25, 0.3) is 0 Å². The van der Waals surface area contributed by atoms with Gasteiger partial charge in [-0.3, -0.25) is 4.79 Å². The molecule has 0 radical (unpaired) electrons. The van der Waals surface area contributed by atoms with E-state index < -0.39 is 0 Å². The monoisotopic (exact) mass is 225 g/mol. The Morgan fingerprint density at radius 2 is 2.27 bits per heavy atom.